The number of nitrogens with zero attached hydrogens (tertiary/aromatic N) is 3. The van der Waals surface area contributed by atoms with Crippen LogP contribution in [0.4, 0.5) is 0 Å². The van der Waals surface area contributed by atoms with Crippen molar-refractivity contribution in [1.29, 1.82) is 0 Å². The van der Waals surface area contributed by atoms with Crippen LogP contribution in [0.3, 0.4) is 0 Å². The number of unbranched alkanes of at least 4 members (excludes halogenated alkanes) is 1. The quantitative estimate of drug-likeness (QED) is 0.287. The predicted octanol–water partition coefficient (Wildman–Crippen LogP) is 5.20. The first kappa shape index (κ1) is 25.2. The lowest BCUT2D eigenvalue weighted by Crippen LogP contribution is -2.24. The van der Waals surface area contributed by atoms with Gasteiger partial charge in [-0.2, -0.15) is 0 Å². The van der Waals surface area contributed by atoms with Gasteiger partial charge in [0.1, 0.15) is 23.8 Å². The van der Waals surface area contributed by atoms with Crippen molar-refractivity contribution in [3.63, 3.8) is 0 Å². The van der Waals surface area contributed by atoms with Gasteiger partial charge in [0.2, 0.25) is 5.89 Å². The number of ether oxygens (including phenoxy) is 2. The summed E-state index contributed by atoms with van der Waals surface area (Å²) in [6.45, 7) is 9.12. The van der Waals surface area contributed by atoms with Crippen molar-refractivity contribution in [3.05, 3.63) is 70.0 Å². The molecule has 0 amide bonds. The van der Waals surface area contributed by atoms with Gasteiger partial charge in [0.15, 0.2) is 11.6 Å². The molecule has 9 nitrogen and oxygen atoms in total. The van der Waals surface area contributed by atoms with E-state index in [1.807, 2.05) is 49.4 Å². The lowest BCUT2D eigenvalue weighted by Gasteiger charge is -2.19. The second-order valence-corrected chi connectivity index (χ2v) is 8.55. The molecule has 0 radical (unpaired) electrons. The minimum absolute atomic E-state index is 0.239. The lowest BCUT2D eigenvalue weighted by molar-refractivity contribution is 0.251. The summed E-state index contributed by atoms with van der Waals surface area (Å²) in [6, 6.07) is 13.2. The molecule has 1 N–H and O–H groups in total. The maximum atomic E-state index is 11.3. The van der Waals surface area contributed by atoms with Gasteiger partial charge in [-0.25, -0.2) is 9.78 Å². The fourth-order valence-electron chi connectivity index (χ4n) is 3.91. The van der Waals surface area contributed by atoms with Gasteiger partial charge in [-0.15, -0.1) is 0 Å². The number of nitrogens with one attached hydrogen (secondary N) is 1. The second kappa shape index (κ2) is 11.7. The van der Waals surface area contributed by atoms with Crippen molar-refractivity contribution >= 4 is 0 Å². The van der Waals surface area contributed by atoms with E-state index in [1.54, 1.807) is 7.11 Å². The Balaban J connectivity index is 1.56. The van der Waals surface area contributed by atoms with E-state index in [-0.39, 0.29) is 6.61 Å². The molecule has 0 aliphatic heterocycles. The van der Waals surface area contributed by atoms with Gasteiger partial charge in [0.05, 0.1) is 7.11 Å². The Kier molecular flexibility index (Phi) is 8.22. The third-order valence-electron chi connectivity index (χ3n) is 6.03. The molecule has 2 aromatic carbocycles. The molecule has 2 heterocycles. The van der Waals surface area contributed by atoms with Crippen LogP contribution in [0.5, 0.6) is 11.5 Å². The van der Waals surface area contributed by atoms with Gasteiger partial charge in [-0.05, 0) is 74.5 Å². The number of aryl methyl sites for hydroxylation is 1. The highest BCUT2D eigenvalue weighted by molar-refractivity contribution is 5.60. The zero-order valence-corrected chi connectivity index (χ0v) is 21.2. The first-order valence-corrected chi connectivity index (χ1v) is 12.2. The first-order valence-electron chi connectivity index (χ1n) is 12.2. The zero-order chi connectivity index (χ0) is 25.5. The number of hydrogen-bond donors (Lipinski definition) is 1. The molecule has 0 saturated heterocycles. The summed E-state index contributed by atoms with van der Waals surface area (Å²) in [6.07, 6.45) is 2.27. The van der Waals surface area contributed by atoms with Gasteiger partial charge >= 0.3 is 5.76 Å². The minimum Gasteiger partial charge on any atom is -0.497 e. The normalized spacial score (nSPS) is 11.2. The van der Waals surface area contributed by atoms with E-state index in [0.717, 1.165) is 54.1 Å². The van der Waals surface area contributed by atoms with Crippen LogP contribution in [0.2, 0.25) is 0 Å². The van der Waals surface area contributed by atoms with E-state index in [1.165, 1.54) is 0 Å². The summed E-state index contributed by atoms with van der Waals surface area (Å²) in [5.74, 6) is 2.50. The average Bonchev–Trinajstić information content (AvgIpc) is 3.51. The summed E-state index contributed by atoms with van der Waals surface area (Å²) in [7, 11) is 1.64. The molecule has 9 heteroatoms. The number of aromatic nitrogens is 3. The highest BCUT2D eigenvalue weighted by Crippen LogP contribution is 2.28. The maximum absolute atomic E-state index is 11.3. The minimum atomic E-state index is -0.588. The Hall–Kier alpha value is -3.85. The highest BCUT2D eigenvalue weighted by atomic mass is 16.5. The standard InChI is InChI=1S/C27H32N4O5/c1-5-7-14-31(6-2)16-23-24(35-26(28-23)19-8-10-20(33-4)11-9-19)17-34-21-12-13-22(18(3)15-21)25-29-27(32)36-30-25/h8-13,15H,5-7,14,16-17H2,1-4H3,(H,29,30,32). The molecule has 0 bridgehead atoms. The Labute approximate surface area is 210 Å². The smallest absolute Gasteiger partial charge is 0.439 e. The zero-order valence-electron chi connectivity index (χ0n) is 21.2. The number of H-pyrrole nitrogens is 1. The molecule has 0 spiro atoms. The highest BCUT2D eigenvalue weighted by Gasteiger charge is 2.18. The monoisotopic (exact) mass is 492 g/mol. The number of aromatic amines is 1. The van der Waals surface area contributed by atoms with Crippen LogP contribution in [0.25, 0.3) is 22.8 Å². The van der Waals surface area contributed by atoms with Crippen LogP contribution in [0.1, 0.15) is 43.7 Å². The summed E-state index contributed by atoms with van der Waals surface area (Å²) < 4.78 is 22.2. The molecular weight excluding hydrogens is 460 g/mol. The summed E-state index contributed by atoms with van der Waals surface area (Å²) in [4.78, 5) is 21.1. The first-order chi connectivity index (χ1) is 17.5. The molecule has 2 aromatic heterocycles. The summed E-state index contributed by atoms with van der Waals surface area (Å²) >= 11 is 0. The van der Waals surface area contributed by atoms with Gasteiger partial charge in [-0.3, -0.25) is 14.4 Å². The largest absolute Gasteiger partial charge is 0.497 e. The second-order valence-electron chi connectivity index (χ2n) is 8.55. The van der Waals surface area contributed by atoms with Crippen LogP contribution < -0.4 is 15.2 Å². The Morgan fingerprint density at radius 2 is 1.86 bits per heavy atom. The van der Waals surface area contributed by atoms with Crippen LogP contribution in [-0.2, 0) is 13.2 Å². The van der Waals surface area contributed by atoms with E-state index < -0.39 is 5.76 Å². The molecule has 4 aromatic rings. The Morgan fingerprint density at radius 1 is 1.08 bits per heavy atom. The fraction of sp³-hybridized carbons (Fsp3) is 0.370. The molecule has 36 heavy (non-hydrogen) atoms. The van der Waals surface area contributed by atoms with Gasteiger partial charge in [0, 0.05) is 17.7 Å². The van der Waals surface area contributed by atoms with Crippen LogP contribution in [-0.4, -0.2) is 40.2 Å². The Morgan fingerprint density at radius 3 is 2.50 bits per heavy atom. The molecule has 0 aliphatic carbocycles. The molecule has 0 unspecified atom stereocenters. The van der Waals surface area contributed by atoms with Gasteiger partial charge < -0.3 is 13.9 Å². The van der Waals surface area contributed by atoms with Crippen molar-refractivity contribution in [1.82, 2.24) is 20.0 Å². The molecule has 4 rings (SSSR count). The van der Waals surface area contributed by atoms with E-state index in [9.17, 15) is 4.79 Å². The lowest BCUT2D eigenvalue weighted by atomic mass is 10.1. The summed E-state index contributed by atoms with van der Waals surface area (Å²) in [5, 5.41) is 3.76. The van der Waals surface area contributed by atoms with E-state index >= 15 is 0 Å². The Bertz CT molecular complexity index is 1320. The van der Waals surface area contributed by atoms with Crippen molar-refractivity contribution in [2.24, 2.45) is 0 Å². The molecule has 190 valence electrons. The number of hydrogen-bond acceptors (Lipinski definition) is 8. The van der Waals surface area contributed by atoms with E-state index in [0.29, 0.717) is 29.8 Å². The molecule has 0 saturated carbocycles. The van der Waals surface area contributed by atoms with Gasteiger partial charge in [-0.1, -0.05) is 25.4 Å². The molecule has 0 atom stereocenters. The van der Waals surface area contributed by atoms with Crippen molar-refractivity contribution < 1.29 is 18.4 Å². The number of oxazole rings is 1. The van der Waals surface area contributed by atoms with Crippen molar-refractivity contribution in [2.45, 2.75) is 46.8 Å². The SMILES string of the molecule is CCCCN(CC)Cc1nc(-c2ccc(OC)cc2)oc1COc1ccc(-c2noc(=O)[nH]2)c(C)c1. The van der Waals surface area contributed by atoms with E-state index in [4.69, 9.17) is 18.9 Å². The van der Waals surface area contributed by atoms with Crippen molar-refractivity contribution in [2.75, 3.05) is 20.2 Å². The van der Waals surface area contributed by atoms with Crippen LogP contribution >= 0.6 is 0 Å². The fourth-order valence-corrected chi connectivity index (χ4v) is 3.91. The summed E-state index contributed by atoms with van der Waals surface area (Å²) in [5.41, 5.74) is 3.41. The molecule has 0 fully saturated rings. The number of methoxy groups -OCH3 is 1. The number of rotatable bonds is 12. The molecule has 0 aliphatic rings. The van der Waals surface area contributed by atoms with Gasteiger partial charge in [0.25, 0.3) is 0 Å². The third-order valence-corrected chi connectivity index (χ3v) is 6.03. The number of benzene rings is 2. The van der Waals surface area contributed by atoms with E-state index in [2.05, 4.69) is 33.4 Å². The van der Waals surface area contributed by atoms with Crippen LogP contribution in [0.15, 0.2) is 56.2 Å². The maximum Gasteiger partial charge on any atom is 0.439 e. The van der Waals surface area contributed by atoms with Crippen LogP contribution in [0, 0.1) is 6.92 Å². The topological polar surface area (TPSA) is 107 Å². The van der Waals surface area contributed by atoms with Crippen molar-refractivity contribution in [3.8, 4) is 34.3 Å². The molecular formula is C27H32N4O5. The predicted molar refractivity (Wildman–Crippen MR) is 136 cm³/mol. The average molecular weight is 493 g/mol. The third kappa shape index (κ3) is 6.04.